The van der Waals surface area contributed by atoms with Crippen LogP contribution < -0.4 is 0 Å². The highest BCUT2D eigenvalue weighted by molar-refractivity contribution is 6.08. The number of alkyl halides is 3. The SMILES string of the molecule is Cc1[nH]c2ccccc2c1C(=O)N1CCN(Cc2cccc(C(F)(F)F)c2)CC1. The van der Waals surface area contributed by atoms with Gasteiger partial charge in [0.05, 0.1) is 11.1 Å². The Hall–Kier alpha value is -2.80. The van der Waals surface area contributed by atoms with Crippen LogP contribution >= 0.6 is 0 Å². The number of hydrogen-bond donors (Lipinski definition) is 1. The molecule has 4 rings (SSSR count). The Labute approximate surface area is 166 Å². The quantitative estimate of drug-likeness (QED) is 0.704. The van der Waals surface area contributed by atoms with Crippen LogP contribution in [0.4, 0.5) is 13.2 Å². The van der Waals surface area contributed by atoms with E-state index in [4.69, 9.17) is 0 Å². The molecule has 1 amide bonds. The van der Waals surface area contributed by atoms with Gasteiger partial charge in [-0.3, -0.25) is 9.69 Å². The summed E-state index contributed by atoms with van der Waals surface area (Å²) in [5.41, 5.74) is 2.50. The van der Waals surface area contributed by atoms with Crippen molar-refractivity contribution in [3.63, 3.8) is 0 Å². The summed E-state index contributed by atoms with van der Waals surface area (Å²) < 4.78 is 38.7. The highest BCUT2D eigenvalue weighted by Crippen LogP contribution is 2.30. The van der Waals surface area contributed by atoms with Crippen LogP contribution in [0, 0.1) is 6.92 Å². The Balaban J connectivity index is 1.42. The maximum atomic E-state index is 13.1. The molecule has 0 bridgehead atoms. The van der Waals surface area contributed by atoms with E-state index in [1.54, 1.807) is 6.07 Å². The first kappa shape index (κ1) is 19.5. The second-order valence-corrected chi connectivity index (χ2v) is 7.44. The Bertz CT molecular complexity index is 1030. The lowest BCUT2D eigenvalue weighted by Gasteiger charge is -2.35. The fourth-order valence-corrected chi connectivity index (χ4v) is 3.92. The number of aromatic amines is 1. The van der Waals surface area contributed by atoms with Crippen LogP contribution in [-0.4, -0.2) is 46.9 Å². The predicted octanol–water partition coefficient (Wildman–Crippen LogP) is 4.45. The number of hydrogen-bond acceptors (Lipinski definition) is 2. The topological polar surface area (TPSA) is 39.3 Å². The number of nitrogens with zero attached hydrogens (tertiary/aromatic N) is 2. The maximum Gasteiger partial charge on any atom is 0.416 e. The number of piperazine rings is 1. The first-order chi connectivity index (χ1) is 13.8. The van der Waals surface area contributed by atoms with Gasteiger partial charge in [0.1, 0.15) is 0 Å². The van der Waals surface area contributed by atoms with Crippen LogP contribution in [0.15, 0.2) is 48.5 Å². The van der Waals surface area contributed by atoms with Gasteiger partial charge < -0.3 is 9.88 Å². The molecular formula is C22H22F3N3O. The number of rotatable bonds is 3. The predicted molar refractivity (Wildman–Crippen MR) is 106 cm³/mol. The Morgan fingerprint density at radius 3 is 2.48 bits per heavy atom. The number of nitrogens with one attached hydrogen (secondary N) is 1. The number of fused-ring (bicyclic) bond motifs is 1. The van der Waals surface area contributed by atoms with E-state index in [1.807, 2.05) is 36.1 Å². The minimum absolute atomic E-state index is 0.00123. The van der Waals surface area contributed by atoms with Crippen LogP contribution in [0.1, 0.15) is 27.2 Å². The number of carbonyl (C=O) groups is 1. The summed E-state index contributed by atoms with van der Waals surface area (Å²) in [6.45, 7) is 4.70. The number of halogens is 3. The molecule has 29 heavy (non-hydrogen) atoms. The molecule has 7 heteroatoms. The average Bonchev–Trinajstić information content (AvgIpc) is 3.03. The monoisotopic (exact) mass is 401 g/mol. The van der Waals surface area contributed by atoms with Gasteiger partial charge in [-0.2, -0.15) is 13.2 Å². The zero-order chi connectivity index (χ0) is 20.6. The van der Waals surface area contributed by atoms with Crippen molar-refractivity contribution < 1.29 is 18.0 Å². The third-order valence-corrected chi connectivity index (χ3v) is 5.43. The molecule has 2 aromatic carbocycles. The minimum atomic E-state index is -4.34. The van der Waals surface area contributed by atoms with E-state index in [9.17, 15) is 18.0 Å². The zero-order valence-corrected chi connectivity index (χ0v) is 16.1. The third kappa shape index (κ3) is 4.00. The minimum Gasteiger partial charge on any atom is -0.358 e. The summed E-state index contributed by atoms with van der Waals surface area (Å²) in [6.07, 6.45) is -4.34. The molecule has 0 atom stereocenters. The first-order valence-corrected chi connectivity index (χ1v) is 9.58. The van der Waals surface area contributed by atoms with E-state index >= 15 is 0 Å². The van der Waals surface area contributed by atoms with Crippen molar-refractivity contribution in [3.8, 4) is 0 Å². The van der Waals surface area contributed by atoms with Crippen LogP contribution in [0.2, 0.25) is 0 Å². The van der Waals surface area contributed by atoms with Crippen molar-refractivity contribution in [3.05, 3.63) is 70.9 Å². The van der Waals surface area contributed by atoms with Crippen LogP contribution in [0.25, 0.3) is 10.9 Å². The lowest BCUT2D eigenvalue weighted by atomic mass is 10.1. The number of aryl methyl sites for hydroxylation is 1. The van der Waals surface area contributed by atoms with E-state index < -0.39 is 11.7 Å². The van der Waals surface area contributed by atoms with Crippen LogP contribution in [0.3, 0.4) is 0 Å². The summed E-state index contributed by atoms with van der Waals surface area (Å²) in [5, 5.41) is 0.918. The van der Waals surface area contributed by atoms with Gasteiger partial charge in [0.2, 0.25) is 0 Å². The first-order valence-electron chi connectivity index (χ1n) is 9.58. The van der Waals surface area contributed by atoms with Crippen molar-refractivity contribution in [1.29, 1.82) is 0 Å². The van der Waals surface area contributed by atoms with Gasteiger partial charge in [0.25, 0.3) is 5.91 Å². The molecule has 1 fully saturated rings. The third-order valence-electron chi connectivity index (χ3n) is 5.43. The molecule has 0 radical (unpaired) electrons. The molecule has 2 heterocycles. The Kier molecular flexibility index (Phi) is 5.08. The molecule has 1 N–H and O–H groups in total. The Morgan fingerprint density at radius 1 is 1.03 bits per heavy atom. The van der Waals surface area contributed by atoms with Gasteiger partial charge in [-0.05, 0) is 24.6 Å². The number of benzene rings is 2. The average molecular weight is 401 g/mol. The smallest absolute Gasteiger partial charge is 0.358 e. The highest BCUT2D eigenvalue weighted by atomic mass is 19.4. The molecule has 1 saturated heterocycles. The Morgan fingerprint density at radius 2 is 1.76 bits per heavy atom. The number of aromatic nitrogens is 1. The lowest BCUT2D eigenvalue weighted by Crippen LogP contribution is -2.48. The number of para-hydroxylation sites is 1. The molecular weight excluding hydrogens is 379 g/mol. The van der Waals surface area contributed by atoms with Crippen LogP contribution in [0.5, 0.6) is 0 Å². The van der Waals surface area contributed by atoms with E-state index in [0.29, 0.717) is 43.9 Å². The second-order valence-electron chi connectivity index (χ2n) is 7.44. The van der Waals surface area contributed by atoms with Gasteiger partial charge in [-0.25, -0.2) is 0 Å². The molecule has 0 spiro atoms. The zero-order valence-electron chi connectivity index (χ0n) is 16.1. The van der Waals surface area contributed by atoms with E-state index in [-0.39, 0.29) is 5.91 Å². The van der Waals surface area contributed by atoms with Crippen molar-refractivity contribution in [2.75, 3.05) is 26.2 Å². The fraction of sp³-hybridized carbons (Fsp3) is 0.318. The fourth-order valence-electron chi connectivity index (χ4n) is 3.92. The standard InChI is InChI=1S/C22H22F3N3O/c1-15-20(18-7-2-3-8-19(18)26-15)21(29)28-11-9-27(10-12-28)14-16-5-4-6-17(13-16)22(23,24)25/h2-8,13,26H,9-12,14H2,1H3. The molecule has 1 aliphatic rings. The van der Waals surface area contributed by atoms with Gasteiger partial charge in [0, 0.05) is 49.3 Å². The summed E-state index contributed by atoms with van der Waals surface area (Å²) in [4.78, 5) is 20.2. The van der Waals surface area contributed by atoms with Crippen molar-refractivity contribution in [2.24, 2.45) is 0 Å². The largest absolute Gasteiger partial charge is 0.416 e. The van der Waals surface area contributed by atoms with E-state index in [2.05, 4.69) is 9.88 Å². The van der Waals surface area contributed by atoms with Gasteiger partial charge in [-0.15, -0.1) is 0 Å². The highest BCUT2D eigenvalue weighted by Gasteiger charge is 2.31. The number of carbonyl (C=O) groups excluding carboxylic acids is 1. The number of amides is 1. The summed E-state index contributed by atoms with van der Waals surface area (Å²) >= 11 is 0. The number of H-pyrrole nitrogens is 1. The van der Waals surface area contributed by atoms with Crippen molar-refractivity contribution in [1.82, 2.24) is 14.8 Å². The molecule has 1 aliphatic heterocycles. The molecule has 3 aromatic rings. The van der Waals surface area contributed by atoms with Crippen molar-refractivity contribution >= 4 is 16.8 Å². The summed E-state index contributed by atoms with van der Waals surface area (Å²) in [5.74, 6) is -0.00123. The molecule has 0 aliphatic carbocycles. The second kappa shape index (κ2) is 7.55. The maximum absolute atomic E-state index is 13.1. The molecule has 1 aromatic heterocycles. The van der Waals surface area contributed by atoms with Crippen molar-refractivity contribution in [2.45, 2.75) is 19.6 Å². The van der Waals surface area contributed by atoms with E-state index in [0.717, 1.165) is 22.7 Å². The van der Waals surface area contributed by atoms with E-state index in [1.165, 1.54) is 12.1 Å². The van der Waals surface area contributed by atoms with Gasteiger partial charge in [0.15, 0.2) is 0 Å². The molecule has 4 nitrogen and oxygen atoms in total. The summed E-state index contributed by atoms with van der Waals surface area (Å²) in [7, 11) is 0. The lowest BCUT2D eigenvalue weighted by molar-refractivity contribution is -0.137. The normalized spacial score (nSPS) is 15.8. The molecule has 152 valence electrons. The van der Waals surface area contributed by atoms with Gasteiger partial charge >= 0.3 is 6.18 Å². The molecule has 0 unspecified atom stereocenters. The summed E-state index contributed by atoms with van der Waals surface area (Å²) in [6, 6.07) is 13.2. The molecule has 0 saturated carbocycles. The van der Waals surface area contributed by atoms with Crippen LogP contribution in [-0.2, 0) is 12.7 Å². The van der Waals surface area contributed by atoms with Gasteiger partial charge in [-0.1, -0.05) is 36.4 Å².